The highest BCUT2D eigenvalue weighted by Crippen LogP contribution is 2.52. The molecule has 0 spiro atoms. The van der Waals surface area contributed by atoms with Crippen molar-refractivity contribution in [3.05, 3.63) is 23.3 Å². The first-order chi connectivity index (χ1) is 8.58. The maximum absolute atomic E-state index is 11.9. The standard InChI is InChI=1S/C14H18O4/c1-9-7-11(16-2)12(17-3)8-10(9)14(5-6-14)13(15)18-4/h7-8H,5-6H2,1-4H3. The number of esters is 1. The van der Waals surface area contributed by atoms with Crippen molar-refractivity contribution < 1.29 is 19.0 Å². The summed E-state index contributed by atoms with van der Waals surface area (Å²) in [6, 6.07) is 3.79. The van der Waals surface area contributed by atoms with Crippen LogP contribution in [0.15, 0.2) is 12.1 Å². The Morgan fingerprint density at radius 1 is 1.11 bits per heavy atom. The number of hydrogen-bond donors (Lipinski definition) is 0. The number of carbonyl (C=O) groups excluding carboxylic acids is 1. The van der Waals surface area contributed by atoms with E-state index in [9.17, 15) is 4.79 Å². The minimum atomic E-state index is -0.474. The highest BCUT2D eigenvalue weighted by atomic mass is 16.5. The van der Waals surface area contributed by atoms with Gasteiger partial charge in [0.1, 0.15) is 0 Å². The van der Waals surface area contributed by atoms with E-state index in [4.69, 9.17) is 14.2 Å². The normalized spacial score (nSPS) is 16.0. The molecule has 1 fully saturated rings. The summed E-state index contributed by atoms with van der Waals surface area (Å²) in [6.07, 6.45) is 1.66. The third-order valence-corrected chi connectivity index (χ3v) is 3.57. The highest BCUT2D eigenvalue weighted by Gasteiger charge is 2.53. The van der Waals surface area contributed by atoms with E-state index in [-0.39, 0.29) is 5.97 Å². The summed E-state index contributed by atoms with van der Waals surface area (Å²) in [5.41, 5.74) is 1.53. The minimum Gasteiger partial charge on any atom is -0.493 e. The van der Waals surface area contributed by atoms with Crippen LogP contribution in [0.3, 0.4) is 0 Å². The summed E-state index contributed by atoms with van der Waals surface area (Å²) in [5, 5.41) is 0. The van der Waals surface area contributed by atoms with Gasteiger partial charge in [0.25, 0.3) is 0 Å². The zero-order valence-electron chi connectivity index (χ0n) is 11.2. The Kier molecular flexibility index (Phi) is 3.20. The van der Waals surface area contributed by atoms with Crippen LogP contribution < -0.4 is 9.47 Å². The van der Waals surface area contributed by atoms with Crippen LogP contribution >= 0.6 is 0 Å². The average Bonchev–Trinajstić information content (AvgIpc) is 3.18. The average molecular weight is 250 g/mol. The number of hydrogen-bond acceptors (Lipinski definition) is 4. The molecule has 0 bridgehead atoms. The van der Waals surface area contributed by atoms with Crippen LogP contribution in [0.2, 0.25) is 0 Å². The van der Waals surface area contributed by atoms with Crippen molar-refractivity contribution in [3.8, 4) is 11.5 Å². The second-order valence-electron chi connectivity index (χ2n) is 4.60. The second-order valence-corrected chi connectivity index (χ2v) is 4.60. The maximum Gasteiger partial charge on any atom is 0.316 e. The van der Waals surface area contributed by atoms with E-state index >= 15 is 0 Å². The molecule has 4 nitrogen and oxygen atoms in total. The fraction of sp³-hybridized carbons (Fsp3) is 0.500. The summed E-state index contributed by atoms with van der Waals surface area (Å²) in [7, 11) is 4.62. The van der Waals surface area contributed by atoms with E-state index in [1.54, 1.807) is 14.2 Å². The number of aryl methyl sites for hydroxylation is 1. The third-order valence-electron chi connectivity index (χ3n) is 3.57. The molecule has 2 rings (SSSR count). The van der Waals surface area contributed by atoms with Crippen molar-refractivity contribution in [2.75, 3.05) is 21.3 Å². The van der Waals surface area contributed by atoms with Gasteiger partial charge in [0.05, 0.1) is 26.7 Å². The summed E-state index contributed by atoms with van der Waals surface area (Å²) >= 11 is 0. The first kappa shape index (κ1) is 12.7. The van der Waals surface area contributed by atoms with Crippen molar-refractivity contribution in [2.24, 2.45) is 0 Å². The summed E-state index contributed by atoms with van der Waals surface area (Å²) in [4.78, 5) is 11.9. The fourth-order valence-electron chi connectivity index (χ4n) is 2.40. The minimum absolute atomic E-state index is 0.169. The van der Waals surface area contributed by atoms with E-state index in [2.05, 4.69) is 0 Å². The quantitative estimate of drug-likeness (QED) is 0.769. The Bertz CT molecular complexity index is 475. The largest absolute Gasteiger partial charge is 0.493 e. The summed E-state index contributed by atoms with van der Waals surface area (Å²) in [6.45, 7) is 1.97. The molecule has 1 aromatic carbocycles. The number of ether oxygens (including phenoxy) is 3. The highest BCUT2D eigenvalue weighted by molar-refractivity contribution is 5.87. The molecule has 0 N–H and O–H groups in total. The Balaban J connectivity index is 2.49. The lowest BCUT2D eigenvalue weighted by molar-refractivity contribution is -0.143. The van der Waals surface area contributed by atoms with Crippen molar-refractivity contribution >= 4 is 5.97 Å². The fourth-order valence-corrected chi connectivity index (χ4v) is 2.40. The van der Waals surface area contributed by atoms with E-state index in [0.29, 0.717) is 11.5 Å². The first-order valence-corrected chi connectivity index (χ1v) is 5.90. The Hall–Kier alpha value is -1.71. The molecule has 98 valence electrons. The van der Waals surface area contributed by atoms with Gasteiger partial charge in [-0.05, 0) is 43.0 Å². The van der Waals surface area contributed by atoms with Crippen molar-refractivity contribution in [2.45, 2.75) is 25.2 Å². The van der Waals surface area contributed by atoms with E-state index < -0.39 is 5.41 Å². The van der Waals surface area contributed by atoms with Crippen LogP contribution in [0.4, 0.5) is 0 Å². The lowest BCUT2D eigenvalue weighted by Gasteiger charge is -2.18. The molecule has 4 heteroatoms. The van der Waals surface area contributed by atoms with Gasteiger partial charge in [-0.25, -0.2) is 0 Å². The molecule has 18 heavy (non-hydrogen) atoms. The molecule has 1 saturated carbocycles. The van der Waals surface area contributed by atoms with Crippen molar-refractivity contribution in [1.82, 2.24) is 0 Å². The summed E-state index contributed by atoms with van der Waals surface area (Å²) < 4.78 is 15.4. The SMILES string of the molecule is COC(=O)C1(c2cc(OC)c(OC)cc2C)CC1. The second kappa shape index (κ2) is 4.52. The summed E-state index contributed by atoms with van der Waals surface area (Å²) in [5.74, 6) is 1.16. The first-order valence-electron chi connectivity index (χ1n) is 5.90. The molecule has 1 aromatic rings. The molecule has 0 amide bonds. The van der Waals surface area contributed by atoms with E-state index in [1.807, 2.05) is 19.1 Å². The molecule has 0 saturated heterocycles. The number of benzene rings is 1. The molecule has 0 unspecified atom stereocenters. The van der Waals surface area contributed by atoms with Crippen LogP contribution in [-0.4, -0.2) is 27.3 Å². The molecular weight excluding hydrogens is 232 g/mol. The van der Waals surface area contributed by atoms with Gasteiger partial charge < -0.3 is 14.2 Å². The lowest BCUT2D eigenvalue weighted by atomic mass is 9.91. The third kappa shape index (κ3) is 1.82. The molecule has 0 aliphatic heterocycles. The Morgan fingerprint density at radius 3 is 2.11 bits per heavy atom. The van der Waals surface area contributed by atoms with Gasteiger partial charge in [-0.15, -0.1) is 0 Å². The molecule has 0 heterocycles. The Labute approximate surface area is 107 Å². The van der Waals surface area contributed by atoms with Crippen LogP contribution in [-0.2, 0) is 14.9 Å². The van der Waals surface area contributed by atoms with Gasteiger partial charge in [-0.3, -0.25) is 4.79 Å². The van der Waals surface area contributed by atoms with Crippen molar-refractivity contribution in [3.63, 3.8) is 0 Å². The van der Waals surface area contributed by atoms with Gasteiger partial charge in [-0.2, -0.15) is 0 Å². The number of methoxy groups -OCH3 is 3. The van der Waals surface area contributed by atoms with Gasteiger partial charge in [-0.1, -0.05) is 0 Å². The molecule has 1 aliphatic carbocycles. The molecular formula is C14H18O4. The van der Waals surface area contributed by atoms with Crippen molar-refractivity contribution in [1.29, 1.82) is 0 Å². The van der Waals surface area contributed by atoms with E-state index in [1.165, 1.54) is 7.11 Å². The van der Waals surface area contributed by atoms with Gasteiger partial charge >= 0.3 is 5.97 Å². The van der Waals surface area contributed by atoms with Gasteiger partial charge in [0, 0.05) is 0 Å². The Morgan fingerprint density at radius 2 is 1.67 bits per heavy atom. The van der Waals surface area contributed by atoms with Crippen LogP contribution in [0.1, 0.15) is 24.0 Å². The lowest BCUT2D eigenvalue weighted by Crippen LogP contribution is -2.23. The molecule has 1 aliphatic rings. The van der Waals surface area contributed by atoms with Crippen LogP contribution in [0.25, 0.3) is 0 Å². The zero-order chi connectivity index (χ0) is 13.3. The van der Waals surface area contributed by atoms with Gasteiger partial charge in [0.15, 0.2) is 11.5 Å². The predicted molar refractivity (Wildman–Crippen MR) is 67.2 cm³/mol. The van der Waals surface area contributed by atoms with Gasteiger partial charge in [0.2, 0.25) is 0 Å². The molecule has 0 radical (unpaired) electrons. The monoisotopic (exact) mass is 250 g/mol. The smallest absolute Gasteiger partial charge is 0.316 e. The zero-order valence-corrected chi connectivity index (χ0v) is 11.2. The number of rotatable bonds is 4. The predicted octanol–water partition coefficient (Wildman–Crippen LogP) is 2.22. The maximum atomic E-state index is 11.9. The van der Waals surface area contributed by atoms with Crippen LogP contribution in [0.5, 0.6) is 11.5 Å². The van der Waals surface area contributed by atoms with Crippen LogP contribution in [0, 0.1) is 6.92 Å². The topological polar surface area (TPSA) is 44.8 Å². The molecule has 0 atom stereocenters. The number of carbonyl (C=O) groups is 1. The van der Waals surface area contributed by atoms with E-state index in [0.717, 1.165) is 24.0 Å². The molecule has 0 aromatic heterocycles.